The van der Waals surface area contributed by atoms with Crippen LogP contribution in [0.1, 0.15) is 31.2 Å². The molecule has 0 fully saturated rings. The van der Waals surface area contributed by atoms with Crippen molar-refractivity contribution in [1.29, 1.82) is 0 Å². The zero-order valence-electron chi connectivity index (χ0n) is 12.3. The van der Waals surface area contributed by atoms with E-state index in [4.69, 9.17) is 4.52 Å². The molecule has 8 nitrogen and oxygen atoms in total. The Morgan fingerprint density at radius 3 is 3.05 bits per heavy atom. The molecule has 2 heterocycles. The molecule has 0 saturated carbocycles. The number of aromatic nitrogens is 4. The SMILES string of the molecule is CCCNCc1cn(CCC(=O)Nc2cc(C)on2)nn1. The summed E-state index contributed by atoms with van der Waals surface area (Å²) >= 11 is 0. The van der Waals surface area contributed by atoms with E-state index in [2.05, 4.69) is 33.0 Å². The first-order chi connectivity index (χ1) is 10.2. The van der Waals surface area contributed by atoms with Crippen LogP contribution in [0.25, 0.3) is 0 Å². The molecule has 0 atom stereocenters. The van der Waals surface area contributed by atoms with Gasteiger partial charge in [-0.15, -0.1) is 5.10 Å². The van der Waals surface area contributed by atoms with Gasteiger partial charge in [0.2, 0.25) is 5.91 Å². The van der Waals surface area contributed by atoms with Gasteiger partial charge in [-0.3, -0.25) is 9.48 Å². The van der Waals surface area contributed by atoms with E-state index >= 15 is 0 Å². The summed E-state index contributed by atoms with van der Waals surface area (Å²) in [6.45, 7) is 6.00. The lowest BCUT2D eigenvalue weighted by atomic mass is 10.4. The van der Waals surface area contributed by atoms with Crippen LogP contribution in [-0.4, -0.2) is 32.6 Å². The number of hydrogen-bond donors (Lipinski definition) is 2. The predicted molar refractivity (Wildman–Crippen MR) is 76.5 cm³/mol. The van der Waals surface area contributed by atoms with Gasteiger partial charge in [0.05, 0.1) is 12.2 Å². The Kier molecular flexibility index (Phi) is 5.44. The maximum Gasteiger partial charge on any atom is 0.227 e. The number of amides is 1. The standard InChI is InChI=1S/C13H20N6O2/c1-3-5-14-8-11-9-19(18-16-11)6-4-13(20)15-12-7-10(2)21-17-12/h7,9,14H,3-6,8H2,1-2H3,(H,15,17,20). The zero-order valence-corrected chi connectivity index (χ0v) is 12.3. The summed E-state index contributed by atoms with van der Waals surface area (Å²) in [6.07, 6.45) is 3.23. The topological polar surface area (TPSA) is 97.9 Å². The molecule has 0 unspecified atom stereocenters. The van der Waals surface area contributed by atoms with E-state index in [9.17, 15) is 4.79 Å². The minimum Gasteiger partial charge on any atom is -0.360 e. The lowest BCUT2D eigenvalue weighted by Crippen LogP contribution is -2.15. The van der Waals surface area contributed by atoms with Crippen molar-refractivity contribution in [2.45, 2.75) is 39.8 Å². The van der Waals surface area contributed by atoms with E-state index in [0.717, 1.165) is 18.7 Å². The number of rotatable bonds is 8. The van der Waals surface area contributed by atoms with Crippen molar-refractivity contribution >= 4 is 11.7 Å². The first kappa shape index (κ1) is 15.2. The average molecular weight is 292 g/mol. The first-order valence-corrected chi connectivity index (χ1v) is 7.00. The molecule has 0 saturated heterocycles. The molecule has 1 amide bonds. The monoisotopic (exact) mass is 292 g/mol. The smallest absolute Gasteiger partial charge is 0.227 e. The van der Waals surface area contributed by atoms with E-state index in [1.54, 1.807) is 17.7 Å². The van der Waals surface area contributed by atoms with Gasteiger partial charge < -0.3 is 15.2 Å². The van der Waals surface area contributed by atoms with Gasteiger partial charge in [0.1, 0.15) is 5.76 Å². The van der Waals surface area contributed by atoms with E-state index in [-0.39, 0.29) is 5.91 Å². The van der Waals surface area contributed by atoms with Crippen molar-refractivity contribution in [2.75, 3.05) is 11.9 Å². The van der Waals surface area contributed by atoms with Crippen LogP contribution in [-0.2, 0) is 17.9 Å². The summed E-state index contributed by atoms with van der Waals surface area (Å²) in [7, 11) is 0. The van der Waals surface area contributed by atoms with E-state index in [1.165, 1.54) is 0 Å². The average Bonchev–Trinajstić information content (AvgIpc) is 3.06. The number of carbonyl (C=O) groups is 1. The molecule has 0 aliphatic rings. The molecule has 2 rings (SSSR count). The highest BCUT2D eigenvalue weighted by molar-refractivity contribution is 5.89. The molecule has 0 aromatic carbocycles. The zero-order chi connectivity index (χ0) is 15.1. The fourth-order valence-electron chi connectivity index (χ4n) is 1.77. The molecule has 0 bridgehead atoms. The lowest BCUT2D eigenvalue weighted by Gasteiger charge is -2.01. The Bertz CT molecular complexity index is 577. The predicted octanol–water partition coefficient (Wildman–Crippen LogP) is 1.10. The van der Waals surface area contributed by atoms with Crippen LogP contribution in [0.15, 0.2) is 16.8 Å². The maximum absolute atomic E-state index is 11.7. The van der Waals surface area contributed by atoms with Crippen molar-refractivity contribution in [2.24, 2.45) is 0 Å². The van der Waals surface area contributed by atoms with Crippen LogP contribution in [0.4, 0.5) is 5.82 Å². The fraction of sp³-hybridized carbons (Fsp3) is 0.538. The Morgan fingerprint density at radius 2 is 2.33 bits per heavy atom. The van der Waals surface area contributed by atoms with Crippen molar-refractivity contribution in [1.82, 2.24) is 25.5 Å². The second kappa shape index (κ2) is 7.53. The van der Waals surface area contributed by atoms with Crippen LogP contribution < -0.4 is 10.6 Å². The molecular weight excluding hydrogens is 272 g/mol. The lowest BCUT2D eigenvalue weighted by molar-refractivity contribution is -0.116. The quantitative estimate of drug-likeness (QED) is 0.707. The molecule has 8 heteroatoms. The minimum absolute atomic E-state index is 0.135. The summed E-state index contributed by atoms with van der Waals surface area (Å²) in [5.74, 6) is 0.954. The van der Waals surface area contributed by atoms with Gasteiger partial charge in [-0.2, -0.15) is 0 Å². The van der Waals surface area contributed by atoms with Gasteiger partial charge in [0.15, 0.2) is 5.82 Å². The Morgan fingerprint density at radius 1 is 1.48 bits per heavy atom. The summed E-state index contributed by atoms with van der Waals surface area (Å²) in [4.78, 5) is 11.7. The Balaban J connectivity index is 1.73. The molecule has 0 radical (unpaired) electrons. The third-order valence-corrected chi connectivity index (χ3v) is 2.78. The van der Waals surface area contributed by atoms with Crippen molar-refractivity contribution in [3.8, 4) is 0 Å². The summed E-state index contributed by atoms with van der Waals surface area (Å²) in [5.41, 5.74) is 0.871. The van der Waals surface area contributed by atoms with Crippen LogP contribution in [0, 0.1) is 6.92 Å². The molecule has 2 N–H and O–H groups in total. The largest absolute Gasteiger partial charge is 0.360 e. The van der Waals surface area contributed by atoms with Crippen molar-refractivity contribution in [3.05, 3.63) is 23.7 Å². The maximum atomic E-state index is 11.7. The second-order valence-electron chi connectivity index (χ2n) is 4.77. The van der Waals surface area contributed by atoms with Gasteiger partial charge in [-0.1, -0.05) is 17.3 Å². The molecule has 0 aliphatic heterocycles. The van der Waals surface area contributed by atoms with Crippen LogP contribution >= 0.6 is 0 Å². The van der Waals surface area contributed by atoms with Gasteiger partial charge in [-0.25, -0.2) is 0 Å². The number of carbonyl (C=O) groups excluding carboxylic acids is 1. The molecule has 0 spiro atoms. The molecular formula is C13H20N6O2. The number of nitrogens with zero attached hydrogens (tertiary/aromatic N) is 4. The molecule has 21 heavy (non-hydrogen) atoms. The summed E-state index contributed by atoms with van der Waals surface area (Å²) in [5, 5.41) is 17.7. The Labute approximate surface area is 122 Å². The van der Waals surface area contributed by atoms with E-state index in [1.807, 2.05) is 6.20 Å². The third kappa shape index (κ3) is 4.99. The highest BCUT2D eigenvalue weighted by atomic mass is 16.5. The summed E-state index contributed by atoms with van der Waals surface area (Å²) < 4.78 is 6.54. The number of hydrogen-bond acceptors (Lipinski definition) is 6. The van der Waals surface area contributed by atoms with Crippen molar-refractivity contribution < 1.29 is 9.32 Å². The third-order valence-electron chi connectivity index (χ3n) is 2.78. The highest BCUT2D eigenvalue weighted by Gasteiger charge is 2.07. The van der Waals surface area contributed by atoms with Crippen molar-refractivity contribution in [3.63, 3.8) is 0 Å². The normalized spacial score (nSPS) is 10.8. The summed E-state index contributed by atoms with van der Waals surface area (Å²) in [6, 6.07) is 1.67. The fourth-order valence-corrected chi connectivity index (χ4v) is 1.77. The van der Waals surface area contributed by atoms with E-state index < -0.39 is 0 Å². The van der Waals surface area contributed by atoms with Crippen LogP contribution in [0.5, 0.6) is 0 Å². The highest BCUT2D eigenvalue weighted by Crippen LogP contribution is 2.07. The van der Waals surface area contributed by atoms with Gasteiger partial charge in [0.25, 0.3) is 0 Å². The molecule has 114 valence electrons. The Hall–Kier alpha value is -2.22. The number of aryl methyl sites for hydroxylation is 2. The molecule has 2 aromatic rings. The molecule has 2 aromatic heterocycles. The number of nitrogens with one attached hydrogen (secondary N) is 2. The van der Waals surface area contributed by atoms with Crippen LogP contribution in [0.2, 0.25) is 0 Å². The van der Waals surface area contributed by atoms with E-state index in [0.29, 0.717) is 31.1 Å². The van der Waals surface area contributed by atoms with Gasteiger partial charge >= 0.3 is 0 Å². The van der Waals surface area contributed by atoms with Gasteiger partial charge in [0, 0.05) is 25.2 Å². The molecule has 0 aliphatic carbocycles. The number of anilines is 1. The first-order valence-electron chi connectivity index (χ1n) is 7.00. The second-order valence-corrected chi connectivity index (χ2v) is 4.77. The van der Waals surface area contributed by atoms with Gasteiger partial charge in [-0.05, 0) is 19.9 Å². The van der Waals surface area contributed by atoms with Crippen LogP contribution in [0.3, 0.4) is 0 Å². The minimum atomic E-state index is -0.135.